The summed E-state index contributed by atoms with van der Waals surface area (Å²) in [5, 5.41) is 3.20. The number of carbonyl (C=O) groups excluding carboxylic acids is 2. The van der Waals surface area contributed by atoms with Crippen molar-refractivity contribution in [2.45, 2.75) is 52.7 Å². The molecule has 0 aromatic carbocycles. The molecule has 0 spiro atoms. The lowest BCUT2D eigenvalue weighted by atomic mass is 10.2. The van der Waals surface area contributed by atoms with Crippen molar-refractivity contribution in [3.05, 3.63) is 0 Å². The van der Waals surface area contributed by atoms with E-state index in [1.54, 1.807) is 0 Å². The van der Waals surface area contributed by atoms with E-state index in [0.29, 0.717) is 65.9 Å². The normalized spacial score (nSPS) is 12.1. The van der Waals surface area contributed by atoms with Gasteiger partial charge in [-0.25, -0.2) is 9.59 Å². The molecular formula is C22H43NO9. The average Bonchev–Trinajstić information content (AvgIpc) is 2.64. The lowest BCUT2D eigenvalue weighted by Crippen LogP contribution is -2.27. The highest BCUT2D eigenvalue weighted by molar-refractivity contribution is 5.71. The number of esters is 2. The highest BCUT2D eigenvalue weighted by atomic mass is 16.6. The maximum atomic E-state index is 11.4. The van der Waals surface area contributed by atoms with Gasteiger partial charge in [-0.2, -0.15) is 0 Å². The highest BCUT2D eigenvalue weighted by Crippen LogP contribution is 2.07. The molecule has 0 aliphatic heterocycles. The van der Waals surface area contributed by atoms with E-state index in [0.717, 1.165) is 0 Å². The first-order chi connectivity index (χ1) is 15.0. The van der Waals surface area contributed by atoms with Crippen molar-refractivity contribution in [1.29, 1.82) is 0 Å². The second kappa shape index (κ2) is 18.2. The smallest absolute Gasteiger partial charge is 0.332 e. The van der Waals surface area contributed by atoms with Crippen LogP contribution in [0.5, 0.6) is 0 Å². The van der Waals surface area contributed by atoms with Gasteiger partial charge in [0.25, 0.3) is 0 Å². The summed E-state index contributed by atoms with van der Waals surface area (Å²) in [7, 11) is 0. The fraction of sp³-hybridized carbons (Fsp3) is 0.909. The van der Waals surface area contributed by atoms with Crippen molar-refractivity contribution in [2.75, 3.05) is 79.2 Å². The molecule has 0 saturated carbocycles. The Hall–Kier alpha value is -1.30. The van der Waals surface area contributed by atoms with E-state index in [1.807, 2.05) is 41.5 Å². The third-order valence-electron chi connectivity index (χ3n) is 3.24. The van der Waals surface area contributed by atoms with Crippen molar-refractivity contribution in [3.63, 3.8) is 0 Å². The van der Waals surface area contributed by atoms with E-state index >= 15 is 0 Å². The molecule has 190 valence electrons. The number of rotatable bonds is 19. The Labute approximate surface area is 192 Å². The van der Waals surface area contributed by atoms with Gasteiger partial charge in [0.1, 0.15) is 24.4 Å². The topological polar surface area (TPSA) is 111 Å². The van der Waals surface area contributed by atoms with Crippen molar-refractivity contribution in [1.82, 2.24) is 5.32 Å². The molecule has 0 aliphatic carbocycles. The van der Waals surface area contributed by atoms with Gasteiger partial charge in [-0.1, -0.05) is 0 Å². The van der Waals surface area contributed by atoms with Gasteiger partial charge in [0.05, 0.1) is 52.9 Å². The van der Waals surface area contributed by atoms with Crippen molar-refractivity contribution in [2.24, 2.45) is 0 Å². The molecule has 0 radical (unpaired) electrons. The fourth-order valence-electron chi connectivity index (χ4n) is 2.13. The molecule has 0 fully saturated rings. The molecule has 0 aromatic rings. The molecule has 10 nitrogen and oxygen atoms in total. The van der Waals surface area contributed by atoms with E-state index in [-0.39, 0.29) is 25.2 Å². The van der Waals surface area contributed by atoms with Crippen LogP contribution < -0.4 is 5.32 Å². The highest BCUT2D eigenvalue weighted by Gasteiger charge is 2.16. The maximum Gasteiger partial charge on any atom is 0.332 e. The molecule has 0 amide bonds. The second-order valence-corrected chi connectivity index (χ2v) is 8.87. The molecule has 10 heteroatoms. The van der Waals surface area contributed by atoms with E-state index in [4.69, 9.17) is 33.2 Å². The minimum atomic E-state index is -0.504. The van der Waals surface area contributed by atoms with Gasteiger partial charge in [0.2, 0.25) is 0 Å². The zero-order valence-electron chi connectivity index (χ0n) is 20.7. The summed E-state index contributed by atoms with van der Waals surface area (Å²) in [4.78, 5) is 22.9. The summed E-state index contributed by atoms with van der Waals surface area (Å²) in [6, 6.07) is 0. The molecule has 0 unspecified atom stereocenters. The van der Waals surface area contributed by atoms with Gasteiger partial charge >= 0.3 is 11.9 Å². The number of nitrogens with one attached hydrogen (secondary N) is 1. The van der Waals surface area contributed by atoms with Crippen LogP contribution in [0.3, 0.4) is 0 Å². The third kappa shape index (κ3) is 25.0. The van der Waals surface area contributed by atoms with Gasteiger partial charge in [-0.3, -0.25) is 0 Å². The molecule has 0 bridgehead atoms. The lowest BCUT2D eigenvalue weighted by molar-refractivity contribution is -0.161. The van der Waals surface area contributed by atoms with Crippen LogP contribution in [-0.4, -0.2) is 102 Å². The number of hydrogen-bond acceptors (Lipinski definition) is 10. The predicted octanol–water partition coefficient (Wildman–Crippen LogP) is 1.34. The quantitative estimate of drug-likeness (QED) is 0.222. The molecule has 1 N–H and O–H groups in total. The summed E-state index contributed by atoms with van der Waals surface area (Å²) in [6.45, 7) is 15.7. The Morgan fingerprint density at radius 1 is 0.531 bits per heavy atom. The van der Waals surface area contributed by atoms with Crippen LogP contribution in [0.1, 0.15) is 41.5 Å². The maximum absolute atomic E-state index is 11.4. The number of carbonyl (C=O) groups is 2. The van der Waals surface area contributed by atoms with E-state index in [9.17, 15) is 9.59 Å². The largest absolute Gasteiger partial charge is 0.458 e. The SMILES string of the molecule is CC(C)(C)OC(=O)COCCOCCNCCOCCOCCOCC(=O)OC(C)(C)C. The molecule has 32 heavy (non-hydrogen) atoms. The summed E-state index contributed by atoms with van der Waals surface area (Å²) < 4.78 is 36.9. The number of ether oxygens (including phenoxy) is 7. The first-order valence-corrected chi connectivity index (χ1v) is 11.0. The molecule has 0 aliphatic rings. The van der Waals surface area contributed by atoms with Crippen molar-refractivity contribution >= 4 is 11.9 Å². The van der Waals surface area contributed by atoms with Crippen LogP contribution in [0.25, 0.3) is 0 Å². The molecule has 0 atom stereocenters. The van der Waals surface area contributed by atoms with Gasteiger partial charge < -0.3 is 38.5 Å². The van der Waals surface area contributed by atoms with Crippen LogP contribution in [-0.2, 0) is 42.7 Å². The van der Waals surface area contributed by atoms with Gasteiger partial charge in [-0.15, -0.1) is 0 Å². The van der Waals surface area contributed by atoms with Crippen LogP contribution in [0.2, 0.25) is 0 Å². The third-order valence-corrected chi connectivity index (χ3v) is 3.24. The first-order valence-electron chi connectivity index (χ1n) is 11.0. The van der Waals surface area contributed by atoms with E-state index < -0.39 is 11.2 Å². The molecule has 0 rings (SSSR count). The molecule has 0 heterocycles. The minimum Gasteiger partial charge on any atom is -0.458 e. The van der Waals surface area contributed by atoms with Crippen LogP contribution in [0.15, 0.2) is 0 Å². The standard InChI is InChI=1S/C22H43NO9/c1-21(2,3)31-19(24)17-29-15-13-27-10-8-23-7-9-26-11-12-28-14-16-30-18-20(25)32-22(4,5)6/h23H,7-18H2,1-6H3. The monoisotopic (exact) mass is 465 g/mol. The summed E-state index contributed by atoms with van der Waals surface area (Å²) >= 11 is 0. The van der Waals surface area contributed by atoms with Crippen LogP contribution in [0, 0.1) is 0 Å². The van der Waals surface area contributed by atoms with Crippen LogP contribution >= 0.6 is 0 Å². The lowest BCUT2D eigenvalue weighted by Gasteiger charge is -2.19. The van der Waals surface area contributed by atoms with Crippen molar-refractivity contribution in [3.8, 4) is 0 Å². The van der Waals surface area contributed by atoms with Gasteiger partial charge in [0.15, 0.2) is 0 Å². The van der Waals surface area contributed by atoms with Gasteiger partial charge in [0, 0.05) is 13.1 Å². The summed E-state index contributed by atoms with van der Waals surface area (Å²) in [6.07, 6.45) is 0. The molecular weight excluding hydrogens is 422 g/mol. The number of hydrogen-bond donors (Lipinski definition) is 1. The molecule has 0 aromatic heterocycles. The predicted molar refractivity (Wildman–Crippen MR) is 119 cm³/mol. The average molecular weight is 466 g/mol. The summed E-state index contributed by atoms with van der Waals surface area (Å²) in [5.74, 6) is -0.763. The first kappa shape index (κ1) is 30.7. The zero-order valence-corrected chi connectivity index (χ0v) is 20.7. The Bertz CT molecular complexity index is 443. The van der Waals surface area contributed by atoms with E-state index in [2.05, 4.69) is 5.32 Å². The zero-order chi connectivity index (χ0) is 24.3. The Balaban J connectivity index is 3.23. The molecule has 0 saturated heterocycles. The van der Waals surface area contributed by atoms with E-state index in [1.165, 1.54) is 0 Å². The van der Waals surface area contributed by atoms with Gasteiger partial charge in [-0.05, 0) is 41.5 Å². The minimum absolute atomic E-state index is 0.0704. The van der Waals surface area contributed by atoms with Crippen LogP contribution in [0.4, 0.5) is 0 Å². The van der Waals surface area contributed by atoms with Crippen molar-refractivity contribution < 1.29 is 42.7 Å². The Morgan fingerprint density at radius 3 is 1.19 bits per heavy atom. The Morgan fingerprint density at radius 2 is 0.844 bits per heavy atom. The Kier molecular flexibility index (Phi) is 17.4. The fourth-order valence-corrected chi connectivity index (χ4v) is 2.13. The summed E-state index contributed by atoms with van der Waals surface area (Å²) in [5.41, 5.74) is -1.01. The second-order valence-electron chi connectivity index (χ2n) is 8.87.